The Hall–Kier alpha value is -1.66. The van der Waals surface area contributed by atoms with Crippen LogP contribution in [0.2, 0.25) is 5.02 Å². The van der Waals surface area contributed by atoms with Gasteiger partial charge in [-0.15, -0.1) is 11.3 Å². The van der Waals surface area contributed by atoms with E-state index in [2.05, 4.69) is 0 Å². The van der Waals surface area contributed by atoms with Crippen molar-refractivity contribution in [2.45, 2.75) is 19.8 Å². The van der Waals surface area contributed by atoms with E-state index in [0.29, 0.717) is 52.5 Å². The van der Waals surface area contributed by atoms with E-state index >= 15 is 0 Å². The number of carbonyl (C=O) groups is 2. The highest BCUT2D eigenvalue weighted by Gasteiger charge is 2.30. The number of rotatable bonds is 3. The molecule has 24 heavy (non-hydrogen) atoms. The van der Waals surface area contributed by atoms with Crippen molar-refractivity contribution in [1.82, 2.24) is 4.90 Å². The van der Waals surface area contributed by atoms with Crippen molar-refractivity contribution in [3.05, 3.63) is 33.9 Å². The van der Waals surface area contributed by atoms with Crippen molar-refractivity contribution in [2.75, 3.05) is 19.7 Å². The molecule has 1 aromatic heterocycles. The first-order valence-corrected chi connectivity index (χ1v) is 9.04. The number of benzene rings is 1. The first kappa shape index (κ1) is 17.2. The Balaban J connectivity index is 1.74. The van der Waals surface area contributed by atoms with Gasteiger partial charge in [0.05, 0.1) is 17.5 Å². The molecule has 0 radical (unpaired) electrons. The Bertz CT molecular complexity index is 783. The van der Waals surface area contributed by atoms with Gasteiger partial charge in [-0.3, -0.25) is 9.59 Å². The van der Waals surface area contributed by atoms with Gasteiger partial charge in [-0.1, -0.05) is 11.6 Å². The zero-order chi connectivity index (χ0) is 17.3. The summed E-state index contributed by atoms with van der Waals surface area (Å²) >= 11 is 7.51. The fourth-order valence-corrected chi connectivity index (χ4v) is 4.40. The van der Waals surface area contributed by atoms with Crippen LogP contribution in [0.1, 0.15) is 29.4 Å². The second-order valence-electron chi connectivity index (χ2n) is 5.70. The minimum absolute atomic E-state index is 0.152. The van der Waals surface area contributed by atoms with E-state index in [1.807, 2.05) is 0 Å². The zero-order valence-corrected chi connectivity index (χ0v) is 14.8. The summed E-state index contributed by atoms with van der Waals surface area (Å²) in [5.41, 5.74) is 0. The number of ether oxygens (including phenoxy) is 1. The molecule has 1 amide bonds. The smallest absolute Gasteiger partial charge is 0.309 e. The molecule has 7 heteroatoms. The van der Waals surface area contributed by atoms with Crippen LogP contribution in [0.3, 0.4) is 0 Å². The summed E-state index contributed by atoms with van der Waals surface area (Å²) in [6.07, 6.45) is 1.17. The molecule has 1 aliphatic rings. The van der Waals surface area contributed by atoms with E-state index in [4.69, 9.17) is 16.3 Å². The zero-order valence-electron chi connectivity index (χ0n) is 13.2. The van der Waals surface area contributed by atoms with Gasteiger partial charge in [-0.05, 0) is 38.0 Å². The summed E-state index contributed by atoms with van der Waals surface area (Å²) in [4.78, 5) is 26.6. The number of likely N-dealkylation sites (tertiary alicyclic amines) is 1. The van der Waals surface area contributed by atoms with Gasteiger partial charge in [0.1, 0.15) is 10.7 Å². The third kappa shape index (κ3) is 3.26. The number of hydrogen-bond donors (Lipinski definition) is 0. The second kappa shape index (κ2) is 7.07. The van der Waals surface area contributed by atoms with Crippen LogP contribution in [0.15, 0.2) is 18.2 Å². The Labute approximate surface area is 148 Å². The molecule has 128 valence electrons. The van der Waals surface area contributed by atoms with Crippen LogP contribution in [0.5, 0.6) is 0 Å². The van der Waals surface area contributed by atoms with Crippen LogP contribution in [-0.4, -0.2) is 36.5 Å². The van der Waals surface area contributed by atoms with E-state index in [0.717, 1.165) is 0 Å². The molecule has 0 N–H and O–H groups in total. The van der Waals surface area contributed by atoms with Crippen molar-refractivity contribution in [3.63, 3.8) is 0 Å². The number of piperidine rings is 1. The molecule has 0 unspecified atom stereocenters. The lowest BCUT2D eigenvalue weighted by atomic mass is 9.97. The molecule has 1 fully saturated rings. The number of amides is 1. The standard InChI is InChI=1S/C17H17ClFNO3S/c1-2-23-17(22)10-5-7-20(8-6-10)16(21)15-14(18)12-4-3-11(19)9-13(12)24-15/h3-4,9-10H,2,5-8H2,1H3. The van der Waals surface area contributed by atoms with E-state index in [1.54, 1.807) is 17.9 Å². The van der Waals surface area contributed by atoms with Gasteiger partial charge in [0.25, 0.3) is 5.91 Å². The normalized spacial score (nSPS) is 15.7. The van der Waals surface area contributed by atoms with Gasteiger partial charge in [-0.2, -0.15) is 0 Å². The fraction of sp³-hybridized carbons (Fsp3) is 0.412. The summed E-state index contributed by atoms with van der Waals surface area (Å²) in [6.45, 7) is 3.12. The van der Waals surface area contributed by atoms with Gasteiger partial charge >= 0.3 is 5.97 Å². The number of nitrogens with zero attached hydrogens (tertiary/aromatic N) is 1. The Kier molecular flexibility index (Phi) is 5.06. The number of hydrogen-bond acceptors (Lipinski definition) is 4. The van der Waals surface area contributed by atoms with Crippen LogP contribution in [0.4, 0.5) is 4.39 Å². The Morgan fingerprint density at radius 3 is 2.75 bits per heavy atom. The third-order valence-corrected chi connectivity index (χ3v) is 5.83. The van der Waals surface area contributed by atoms with Gasteiger partial charge in [0.15, 0.2) is 0 Å². The van der Waals surface area contributed by atoms with Gasteiger partial charge < -0.3 is 9.64 Å². The molecule has 1 aliphatic heterocycles. The molecule has 2 aromatic rings. The first-order valence-electron chi connectivity index (χ1n) is 7.84. The summed E-state index contributed by atoms with van der Waals surface area (Å²) in [5, 5.41) is 1.06. The van der Waals surface area contributed by atoms with Crippen LogP contribution >= 0.6 is 22.9 Å². The molecule has 3 rings (SSSR count). The van der Waals surface area contributed by atoms with Crippen molar-refractivity contribution < 1.29 is 18.7 Å². The van der Waals surface area contributed by atoms with Crippen molar-refractivity contribution in [1.29, 1.82) is 0 Å². The molecule has 0 atom stereocenters. The third-order valence-electron chi connectivity index (χ3n) is 4.19. The Morgan fingerprint density at radius 2 is 2.08 bits per heavy atom. The summed E-state index contributed by atoms with van der Waals surface area (Å²) in [7, 11) is 0. The maximum atomic E-state index is 13.3. The van der Waals surface area contributed by atoms with Crippen molar-refractivity contribution >= 4 is 44.9 Å². The predicted octanol–water partition coefficient (Wildman–Crippen LogP) is 4.11. The number of carbonyl (C=O) groups excluding carboxylic acids is 2. The fourth-order valence-electron chi connectivity index (χ4n) is 2.90. The van der Waals surface area contributed by atoms with Crippen molar-refractivity contribution in [3.8, 4) is 0 Å². The molecule has 0 spiro atoms. The van der Waals surface area contributed by atoms with E-state index in [-0.39, 0.29) is 23.6 Å². The molecule has 0 aliphatic carbocycles. The molecular weight excluding hydrogens is 353 g/mol. The van der Waals surface area contributed by atoms with E-state index in [9.17, 15) is 14.0 Å². The molecular formula is C17H17ClFNO3S. The van der Waals surface area contributed by atoms with Crippen LogP contribution in [0, 0.1) is 11.7 Å². The van der Waals surface area contributed by atoms with Crippen LogP contribution in [-0.2, 0) is 9.53 Å². The lowest BCUT2D eigenvalue weighted by Crippen LogP contribution is -2.40. The number of halogens is 2. The second-order valence-corrected chi connectivity index (χ2v) is 7.13. The molecule has 2 heterocycles. The minimum Gasteiger partial charge on any atom is -0.466 e. The van der Waals surface area contributed by atoms with Crippen molar-refractivity contribution in [2.24, 2.45) is 5.92 Å². The maximum Gasteiger partial charge on any atom is 0.309 e. The van der Waals surface area contributed by atoms with Gasteiger partial charge in [0.2, 0.25) is 0 Å². The minimum atomic E-state index is -0.352. The van der Waals surface area contributed by atoms with Crippen LogP contribution in [0.25, 0.3) is 10.1 Å². The summed E-state index contributed by atoms with van der Waals surface area (Å²) in [5.74, 6) is -0.862. The average molecular weight is 370 g/mol. The number of esters is 1. The number of thiophene rings is 1. The molecule has 1 aromatic carbocycles. The summed E-state index contributed by atoms with van der Waals surface area (Å²) < 4.78 is 19.0. The SMILES string of the molecule is CCOC(=O)C1CCN(C(=O)c2sc3cc(F)ccc3c2Cl)CC1. The average Bonchev–Trinajstić information content (AvgIpc) is 2.90. The van der Waals surface area contributed by atoms with E-state index in [1.165, 1.54) is 23.5 Å². The molecule has 4 nitrogen and oxygen atoms in total. The Morgan fingerprint density at radius 1 is 1.38 bits per heavy atom. The lowest BCUT2D eigenvalue weighted by molar-refractivity contribution is -0.149. The first-order chi connectivity index (χ1) is 11.5. The lowest BCUT2D eigenvalue weighted by Gasteiger charge is -2.30. The highest BCUT2D eigenvalue weighted by Crippen LogP contribution is 2.37. The quantitative estimate of drug-likeness (QED) is 0.765. The maximum absolute atomic E-state index is 13.3. The van der Waals surface area contributed by atoms with E-state index < -0.39 is 0 Å². The van der Waals surface area contributed by atoms with Gasteiger partial charge in [-0.25, -0.2) is 4.39 Å². The number of fused-ring (bicyclic) bond motifs is 1. The van der Waals surface area contributed by atoms with Gasteiger partial charge in [0, 0.05) is 23.2 Å². The highest BCUT2D eigenvalue weighted by molar-refractivity contribution is 7.21. The topological polar surface area (TPSA) is 46.6 Å². The highest BCUT2D eigenvalue weighted by atomic mass is 35.5. The molecule has 1 saturated heterocycles. The molecule has 0 bridgehead atoms. The predicted molar refractivity (Wildman–Crippen MR) is 92.1 cm³/mol. The largest absolute Gasteiger partial charge is 0.466 e. The molecule has 0 saturated carbocycles. The summed E-state index contributed by atoms with van der Waals surface area (Å²) in [6, 6.07) is 4.31. The van der Waals surface area contributed by atoms with Crippen LogP contribution < -0.4 is 0 Å². The monoisotopic (exact) mass is 369 g/mol.